The van der Waals surface area contributed by atoms with Crippen LogP contribution in [0.25, 0.3) is 0 Å². The van der Waals surface area contributed by atoms with Crippen LogP contribution in [0.2, 0.25) is 0 Å². The lowest BCUT2D eigenvalue weighted by Gasteiger charge is -2.10. The molecule has 0 fully saturated rings. The van der Waals surface area contributed by atoms with Gasteiger partial charge in [0.2, 0.25) is 5.91 Å². The SMILES string of the molecule is COC(=O)c1cc(CNC(=O)Cc2ccc(C)c(C)c2)ccc1OC. The number of carbonyl (C=O) groups is 2. The van der Waals surface area contributed by atoms with Gasteiger partial charge in [0.25, 0.3) is 0 Å². The lowest BCUT2D eigenvalue weighted by Crippen LogP contribution is -2.24. The molecule has 0 radical (unpaired) electrons. The van der Waals surface area contributed by atoms with Gasteiger partial charge in [-0.1, -0.05) is 24.3 Å². The lowest BCUT2D eigenvalue weighted by atomic mass is 10.0. The van der Waals surface area contributed by atoms with Gasteiger partial charge in [-0.3, -0.25) is 4.79 Å². The van der Waals surface area contributed by atoms with Crippen LogP contribution in [0.15, 0.2) is 36.4 Å². The first-order chi connectivity index (χ1) is 11.9. The highest BCUT2D eigenvalue weighted by Gasteiger charge is 2.14. The van der Waals surface area contributed by atoms with Crippen LogP contribution in [0, 0.1) is 13.8 Å². The van der Waals surface area contributed by atoms with Crippen molar-refractivity contribution >= 4 is 11.9 Å². The molecule has 132 valence electrons. The van der Waals surface area contributed by atoms with Crippen molar-refractivity contribution in [1.29, 1.82) is 0 Å². The van der Waals surface area contributed by atoms with E-state index in [-0.39, 0.29) is 5.91 Å². The number of aryl methyl sites for hydroxylation is 2. The van der Waals surface area contributed by atoms with Crippen molar-refractivity contribution in [2.75, 3.05) is 14.2 Å². The van der Waals surface area contributed by atoms with Gasteiger partial charge < -0.3 is 14.8 Å². The number of rotatable bonds is 6. The molecule has 0 aliphatic rings. The molecule has 5 heteroatoms. The fourth-order valence-electron chi connectivity index (χ4n) is 2.50. The number of carbonyl (C=O) groups excluding carboxylic acids is 2. The summed E-state index contributed by atoms with van der Waals surface area (Å²) in [5.41, 5.74) is 4.49. The molecular formula is C20H23NO4. The Balaban J connectivity index is 2.01. The first-order valence-electron chi connectivity index (χ1n) is 8.02. The Kier molecular flexibility index (Phi) is 6.17. The van der Waals surface area contributed by atoms with Gasteiger partial charge in [-0.15, -0.1) is 0 Å². The highest BCUT2D eigenvalue weighted by Crippen LogP contribution is 2.20. The molecule has 2 rings (SSSR count). The monoisotopic (exact) mass is 341 g/mol. The summed E-state index contributed by atoms with van der Waals surface area (Å²) in [6.07, 6.45) is 0.321. The third-order valence-corrected chi connectivity index (χ3v) is 4.09. The van der Waals surface area contributed by atoms with Crippen LogP contribution in [-0.4, -0.2) is 26.1 Å². The van der Waals surface area contributed by atoms with Gasteiger partial charge in [-0.2, -0.15) is 0 Å². The number of hydrogen-bond acceptors (Lipinski definition) is 4. The number of esters is 1. The molecule has 0 heterocycles. The Morgan fingerprint density at radius 1 is 0.960 bits per heavy atom. The van der Waals surface area contributed by atoms with E-state index in [2.05, 4.69) is 5.32 Å². The highest BCUT2D eigenvalue weighted by molar-refractivity contribution is 5.92. The maximum atomic E-state index is 12.2. The minimum Gasteiger partial charge on any atom is -0.496 e. The van der Waals surface area contributed by atoms with Gasteiger partial charge in [0.1, 0.15) is 11.3 Å². The molecule has 0 bridgehead atoms. The molecule has 0 atom stereocenters. The third kappa shape index (κ3) is 4.83. The molecule has 1 amide bonds. The number of methoxy groups -OCH3 is 2. The quantitative estimate of drug-likeness (QED) is 0.821. The predicted molar refractivity (Wildman–Crippen MR) is 95.8 cm³/mol. The van der Waals surface area contributed by atoms with Crippen LogP contribution < -0.4 is 10.1 Å². The van der Waals surface area contributed by atoms with Crippen LogP contribution in [0.4, 0.5) is 0 Å². The number of amides is 1. The summed E-state index contributed by atoms with van der Waals surface area (Å²) >= 11 is 0. The summed E-state index contributed by atoms with van der Waals surface area (Å²) in [6.45, 7) is 4.40. The topological polar surface area (TPSA) is 64.6 Å². The molecule has 2 aromatic rings. The van der Waals surface area contributed by atoms with E-state index in [9.17, 15) is 9.59 Å². The zero-order valence-electron chi connectivity index (χ0n) is 15.0. The number of nitrogens with one attached hydrogen (secondary N) is 1. The maximum absolute atomic E-state index is 12.2. The van der Waals surface area contributed by atoms with E-state index in [0.717, 1.165) is 11.1 Å². The van der Waals surface area contributed by atoms with E-state index in [1.165, 1.54) is 25.3 Å². The van der Waals surface area contributed by atoms with Crippen molar-refractivity contribution in [2.24, 2.45) is 0 Å². The maximum Gasteiger partial charge on any atom is 0.341 e. The molecule has 0 aromatic heterocycles. The molecule has 0 spiro atoms. The normalized spacial score (nSPS) is 10.2. The Morgan fingerprint density at radius 3 is 2.32 bits per heavy atom. The molecular weight excluding hydrogens is 318 g/mol. The number of hydrogen-bond donors (Lipinski definition) is 1. The molecule has 25 heavy (non-hydrogen) atoms. The fourth-order valence-corrected chi connectivity index (χ4v) is 2.50. The molecule has 2 aromatic carbocycles. The minimum atomic E-state index is -0.472. The summed E-state index contributed by atoms with van der Waals surface area (Å²) in [6, 6.07) is 11.2. The average Bonchev–Trinajstić information content (AvgIpc) is 2.62. The Labute approximate surface area is 148 Å². The highest BCUT2D eigenvalue weighted by atomic mass is 16.5. The van der Waals surface area contributed by atoms with Crippen LogP contribution in [-0.2, 0) is 22.5 Å². The van der Waals surface area contributed by atoms with Crippen LogP contribution in [0.1, 0.15) is 32.6 Å². The lowest BCUT2D eigenvalue weighted by molar-refractivity contribution is -0.120. The van der Waals surface area contributed by atoms with E-state index in [1.54, 1.807) is 12.1 Å². The van der Waals surface area contributed by atoms with Crippen molar-refractivity contribution in [3.05, 3.63) is 64.2 Å². The van der Waals surface area contributed by atoms with Crippen LogP contribution >= 0.6 is 0 Å². The van der Waals surface area contributed by atoms with E-state index in [1.807, 2.05) is 38.1 Å². The summed E-state index contributed by atoms with van der Waals surface area (Å²) in [5, 5.41) is 2.87. The van der Waals surface area contributed by atoms with E-state index in [4.69, 9.17) is 9.47 Å². The largest absolute Gasteiger partial charge is 0.496 e. The van der Waals surface area contributed by atoms with E-state index in [0.29, 0.717) is 24.3 Å². The molecule has 5 nitrogen and oxygen atoms in total. The molecule has 0 unspecified atom stereocenters. The number of ether oxygens (including phenoxy) is 2. The standard InChI is InChI=1S/C20H23NO4/c1-13-5-6-15(9-14(13)2)11-19(22)21-12-16-7-8-18(24-3)17(10-16)20(23)25-4/h5-10H,11-12H2,1-4H3,(H,21,22). The third-order valence-electron chi connectivity index (χ3n) is 4.09. The Morgan fingerprint density at radius 2 is 1.68 bits per heavy atom. The summed E-state index contributed by atoms with van der Waals surface area (Å²) in [4.78, 5) is 23.9. The minimum absolute atomic E-state index is 0.0707. The van der Waals surface area contributed by atoms with Gasteiger partial charge in [0.15, 0.2) is 0 Å². The summed E-state index contributed by atoms with van der Waals surface area (Å²) < 4.78 is 9.91. The Bertz CT molecular complexity index is 783. The molecule has 1 N–H and O–H groups in total. The summed E-state index contributed by atoms with van der Waals surface area (Å²) in [7, 11) is 2.81. The second-order valence-electron chi connectivity index (χ2n) is 5.90. The van der Waals surface area contributed by atoms with Gasteiger partial charge >= 0.3 is 5.97 Å². The Hall–Kier alpha value is -2.82. The van der Waals surface area contributed by atoms with Crippen molar-refractivity contribution < 1.29 is 19.1 Å². The predicted octanol–water partition coefficient (Wildman–Crippen LogP) is 2.96. The zero-order chi connectivity index (χ0) is 18.4. The first-order valence-corrected chi connectivity index (χ1v) is 8.02. The molecule has 0 aliphatic carbocycles. The van der Waals surface area contributed by atoms with E-state index >= 15 is 0 Å². The summed E-state index contributed by atoms with van der Waals surface area (Å²) in [5.74, 6) is -0.101. The number of benzene rings is 2. The molecule has 0 saturated carbocycles. The van der Waals surface area contributed by atoms with Gasteiger partial charge in [0.05, 0.1) is 20.6 Å². The van der Waals surface area contributed by atoms with Crippen molar-refractivity contribution in [1.82, 2.24) is 5.32 Å². The van der Waals surface area contributed by atoms with Crippen LogP contribution in [0.5, 0.6) is 5.75 Å². The smallest absolute Gasteiger partial charge is 0.341 e. The van der Waals surface area contributed by atoms with Crippen molar-refractivity contribution in [3.8, 4) is 5.75 Å². The van der Waals surface area contributed by atoms with E-state index < -0.39 is 5.97 Å². The van der Waals surface area contributed by atoms with Crippen molar-refractivity contribution in [3.63, 3.8) is 0 Å². The van der Waals surface area contributed by atoms with Gasteiger partial charge in [0, 0.05) is 6.54 Å². The van der Waals surface area contributed by atoms with Crippen LogP contribution in [0.3, 0.4) is 0 Å². The molecule has 0 saturated heterocycles. The zero-order valence-corrected chi connectivity index (χ0v) is 15.0. The second-order valence-corrected chi connectivity index (χ2v) is 5.90. The first kappa shape index (κ1) is 18.5. The fraction of sp³-hybridized carbons (Fsp3) is 0.300. The average molecular weight is 341 g/mol. The van der Waals surface area contributed by atoms with Crippen molar-refractivity contribution in [2.45, 2.75) is 26.8 Å². The van der Waals surface area contributed by atoms with Gasteiger partial charge in [-0.05, 0) is 48.2 Å². The van der Waals surface area contributed by atoms with Gasteiger partial charge in [-0.25, -0.2) is 4.79 Å². The molecule has 0 aliphatic heterocycles. The second kappa shape index (κ2) is 8.33.